The number of fused-ring (bicyclic) bond motifs is 7. The lowest BCUT2D eigenvalue weighted by Gasteiger charge is -2.38. The number of aryl methyl sites for hydroxylation is 4. The van der Waals surface area contributed by atoms with E-state index in [9.17, 15) is 46.8 Å². The minimum absolute atomic E-state index is 0.0286. The third kappa shape index (κ3) is 8.63. The van der Waals surface area contributed by atoms with Gasteiger partial charge in [-0.2, -0.15) is 26.3 Å². The minimum Gasteiger partial charge on any atom is -0.377 e. The van der Waals surface area contributed by atoms with Gasteiger partial charge in [0.2, 0.25) is 17.2 Å². The third-order valence-electron chi connectivity index (χ3n) is 21.2. The van der Waals surface area contributed by atoms with Gasteiger partial charge in [-0.1, -0.05) is 84.9 Å². The molecule has 7 aliphatic rings. The number of hydrogen-bond acceptors (Lipinski definition) is 11. The first-order valence-corrected chi connectivity index (χ1v) is 32.6. The van der Waals surface area contributed by atoms with Gasteiger partial charge < -0.3 is 4.90 Å². The largest absolute Gasteiger partial charge is 0.411 e. The van der Waals surface area contributed by atoms with Crippen LogP contribution >= 0.6 is 0 Å². The molecule has 14 rings (SSSR count). The number of benzene rings is 7. The maximum absolute atomic E-state index is 16.0. The van der Waals surface area contributed by atoms with E-state index in [0.717, 1.165) is 49.9 Å². The van der Waals surface area contributed by atoms with Gasteiger partial charge in [0.05, 0.1) is 73.5 Å². The predicted octanol–water partition coefficient (Wildman–Crippen LogP) is 12.8. The molecule has 480 valence electrons. The molecule has 6 unspecified atom stereocenters. The number of sulfone groups is 1. The summed E-state index contributed by atoms with van der Waals surface area (Å²) in [6.07, 6.45) is -11.7. The van der Waals surface area contributed by atoms with Gasteiger partial charge in [-0.3, -0.25) is 38.4 Å². The lowest BCUT2D eigenvalue weighted by Crippen LogP contribution is -2.55. The maximum atomic E-state index is 16.0. The van der Waals surface area contributed by atoms with Gasteiger partial charge in [-0.15, -0.1) is 0 Å². The summed E-state index contributed by atoms with van der Waals surface area (Å²) in [7, 11) is -0.321. The zero-order valence-corrected chi connectivity index (χ0v) is 52.5. The highest BCUT2D eigenvalue weighted by molar-refractivity contribution is 7.92. The van der Waals surface area contributed by atoms with Crippen LogP contribution in [0.25, 0.3) is 11.1 Å². The Morgan fingerprint density at radius 1 is 0.436 bits per heavy atom. The van der Waals surface area contributed by atoms with Crippen LogP contribution in [-0.4, -0.2) is 92.4 Å². The molecule has 3 aliphatic heterocycles. The Kier molecular flexibility index (Phi) is 14.1. The summed E-state index contributed by atoms with van der Waals surface area (Å²) in [6.45, 7) is 6.68. The average Bonchev–Trinajstić information content (AvgIpc) is 1.41. The first-order valence-electron chi connectivity index (χ1n) is 31.0. The quantitative estimate of drug-likeness (QED) is 0.0721. The van der Waals surface area contributed by atoms with Crippen LogP contribution in [-0.2, 0) is 39.8 Å². The molecule has 6 atom stereocenters. The lowest BCUT2D eigenvalue weighted by molar-refractivity contribution is -0.288. The Labute approximate surface area is 536 Å². The van der Waals surface area contributed by atoms with E-state index in [4.69, 9.17) is 0 Å². The molecular formula is C73H60F6N4O10S. The Balaban J connectivity index is 0.792. The molecule has 7 aromatic rings. The van der Waals surface area contributed by atoms with Crippen LogP contribution in [0.4, 0.5) is 49.1 Å². The summed E-state index contributed by atoms with van der Waals surface area (Å²) in [4.78, 5) is 116. The number of imide groups is 3. The number of nitrogens with zero attached hydrogens (tertiary/aromatic N) is 4. The van der Waals surface area contributed by atoms with E-state index in [1.165, 1.54) is 12.1 Å². The number of rotatable bonds is 10. The third-order valence-corrected chi connectivity index (χ3v) is 23.9. The van der Waals surface area contributed by atoms with E-state index in [1.54, 1.807) is 77.0 Å². The topological polar surface area (TPSA) is 184 Å². The van der Waals surface area contributed by atoms with Gasteiger partial charge in [0.15, 0.2) is 9.84 Å². The fraction of sp³-hybridized carbons (Fsp3) is 0.315. The second-order valence-electron chi connectivity index (χ2n) is 26.3. The standard InChI is InChI=1S/C73H60F6N4O10S/c1-36-27-40(17-25-58(36)81-64(86)49-21-15-42(31-53(49)67(81)89)71(72(74,75)76,73(77,78)79)43-16-22-50-54(32-43)68(90)83(66(50)88)61-30-38(3)60(80(5)6)29-39(61)4)70(56-13-9-7-11-46(56)47-12-8-10-14-57(47)70)41-18-26-59(37(2)28-41)82-65(87)51-24-20-45(34-55(51)69(82)91)94(92,93)44-19-23-48-52(33-44)63(85)35-62(48)84/h7-18,21-22,25-32,44-45,48,51-52,55H,19-20,23-24,33-35H2,1-6H3. The molecule has 21 heteroatoms. The zero-order chi connectivity index (χ0) is 66.9. The number of halogens is 6. The van der Waals surface area contributed by atoms with Gasteiger partial charge in [0, 0.05) is 31.6 Å². The van der Waals surface area contributed by atoms with Gasteiger partial charge in [-0.25, -0.2) is 23.1 Å². The van der Waals surface area contributed by atoms with E-state index >= 15 is 26.3 Å². The van der Waals surface area contributed by atoms with E-state index in [2.05, 4.69) is 0 Å². The summed E-state index contributed by atoms with van der Waals surface area (Å²) < 4.78 is 124. The van der Waals surface area contributed by atoms with Crippen molar-refractivity contribution >= 4 is 79.6 Å². The molecule has 4 aliphatic carbocycles. The van der Waals surface area contributed by atoms with Crippen LogP contribution in [0.2, 0.25) is 0 Å². The lowest BCUT2D eigenvalue weighted by atomic mass is 9.67. The number of ketones is 2. The number of amides is 6. The minimum atomic E-state index is -6.21. The van der Waals surface area contributed by atoms with Gasteiger partial charge in [0.1, 0.15) is 11.6 Å². The fourth-order valence-electron chi connectivity index (χ4n) is 16.7. The van der Waals surface area contributed by atoms with Gasteiger partial charge in [-0.05, 0) is 182 Å². The van der Waals surface area contributed by atoms with E-state index in [1.807, 2.05) is 54.6 Å². The summed E-state index contributed by atoms with van der Waals surface area (Å²) in [5.74, 6) is -8.46. The van der Waals surface area contributed by atoms with Crippen molar-refractivity contribution < 1.29 is 73.1 Å². The van der Waals surface area contributed by atoms with Crippen molar-refractivity contribution in [2.24, 2.45) is 23.7 Å². The number of hydrogen-bond donors (Lipinski definition) is 0. The highest BCUT2D eigenvalue weighted by Gasteiger charge is 2.73. The summed E-state index contributed by atoms with van der Waals surface area (Å²) in [6, 6.07) is 32.1. The van der Waals surface area contributed by atoms with Gasteiger partial charge in [0.25, 0.3) is 23.6 Å². The molecule has 0 aromatic heterocycles. The van der Waals surface area contributed by atoms with Crippen LogP contribution in [0.15, 0.2) is 133 Å². The second-order valence-corrected chi connectivity index (χ2v) is 28.8. The molecular weight excluding hydrogens is 1240 g/mol. The Morgan fingerprint density at radius 2 is 0.872 bits per heavy atom. The van der Waals surface area contributed by atoms with Crippen molar-refractivity contribution in [1.29, 1.82) is 0 Å². The number of carbonyl (C=O) groups is 8. The van der Waals surface area contributed by atoms with Crippen LogP contribution in [0.3, 0.4) is 0 Å². The number of Topliss-reactive ketones (excluding diaryl/α,β-unsaturated/α-hetero) is 2. The van der Waals surface area contributed by atoms with Gasteiger partial charge >= 0.3 is 12.4 Å². The zero-order valence-electron chi connectivity index (χ0n) is 51.7. The number of anilines is 4. The average molecular weight is 1300 g/mol. The smallest absolute Gasteiger partial charge is 0.377 e. The van der Waals surface area contributed by atoms with Crippen molar-refractivity contribution in [2.75, 3.05) is 33.7 Å². The molecule has 0 spiro atoms. The first kappa shape index (κ1) is 62.1. The predicted molar refractivity (Wildman–Crippen MR) is 337 cm³/mol. The monoisotopic (exact) mass is 1300 g/mol. The van der Waals surface area contributed by atoms with E-state index < -0.39 is 136 Å². The summed E-state index contributed by atoms with van der Waals surface area (Å²) in [5.41, 5.74) is -3.80. The van der Waals surface area contributed by atoms with E-state index in [0.29, 0.717) is 74.7 Å². The SMILES string of the molecule is Cc1cc(N2C(=O)c3ccc(C(c4ccc5c(c4)C(=O)N(c4ccc(C6(c7ccc(N8C(=O)C9CCC(S(=O)(=O)C%10CCC%11C(=O)CC(=O)C%11C%10)CC9C8=O)c(C)c7)c7ccccc7-c7ccccc76)cc4C)C5=O)(C(F)(F)F)C(F)(F)F)cc3C2=O)c(C)cc1N(C)C. The molecule has 3 heterocycles. The molecule has 3 saturated carbocycles. The van der Waals surface area contributed by atoms with E-state index in [-0.39, 0.29) is 61.5 Å². The summed E-state index contributed by atoms with van der Waals surface area (Å²) >= 11 is 0. The molecule has 4 fully saturated rings. The van der Waals surface area contributed by atoms with Crippen molar-refractivity contribution in [1.82, 2.24) is 0 Å². The Morgan fingerprint density at radius 3 is 1.37 bits per heavy atom. The molecule has 6 amide bonds. The normalized spacial score (nSPS) is 22.4. The second kappa shape index (κ2) is 21.3. The van der Waals surface area contributed by atoms with Crippen LogP contribution < -0.4 is 19.6 Å². The van der Waals surface area contributed by atoms with Crippen LogP contribution in [0.1, 0.15) is 142 Å². The molecule has 14 nitrogen and oxygen atoms in total. The molecule has 0 radical (unpaired) electrons. The van der Waals surface area contributed by atoms with Crippen molar-refractivity contribution in [3.8, 4) is 11.1 Å². The van der Waals surface area contributed by atoms with Crippen molar-refractivity contribution in [3.05, 3.63) is 211 Å². The number of alkyl halides is 6. The van der Waals surface area contributed by atoms with Crippen LogP contribution in [0.5, 0.6) is 0 Å². The molecule has 94 heavy (non-hydrogen) atoms. The molecule has 0 N–H and O–H groups in total. The fourth-order valence-corrected chi connectivity index (χ4v) is 19.2. The Hall–Kier alpha value is -9.37. The molecule has 0 bridgehead atoms. The highest BCUT2D eigenvalue weighted by atomic mass is 32.2. The van der Waals surface area contributed by atoms with Crippen LogP contribution in [0, 0.1) is 51.4 Å². The molecule has 1 saturated heterocycles. The number of carbonyl (C=O) groups excluding carboxylic acids is 8. The maximum Gasteiger partial charge on any atom is 0.411 e. The summed E-state index contributed by atoms with van der Waals surface area (Å²) in [5, 5.41) is -1.76. The highest BCUT2D eigenvalue weighted by Crippen LogP contribution is 2.60. The molecule has 7 aromatic carbocycles. The Bertz CT molecular complexity index is 4670. The first-order chi connectivity index (χ1) is 44.4. The van der Waals surface area contributed by atoms with Crippen molar-refractivity contribution in [2.45, 2.75) is 106 Å². The van der Waals surface area contributed by atoms with Crippen molar-refractivity contribution in [3.63, 3.8) is 0 Å².